The van der Waals surface area contributed by atoms with Crippen LogP contribution in [0.2, 0.25) is 0 Å². The Labute approximate surface area is 166 Å². The van der Waals surface area contributed by atoms with E-state index in [9.17, 15) is 13.2 Å². The van der Waals surface area contributed by atoms with E-state index in [0.29, 0.717) is 19.5 Å². The molecule has 2 aliphatic rings. The lowest BCUT2D eigenvalue weighted by Gasteiger charge is -2.35. The van der Waals surface area contributed by atoms with Gasteiger partial charge >= 0.3 is 0 Å². The maximum absolute atomic E-state index is 12.8. The minimum absolute atomic E-state index is 0.0781. The fraction of sp³-hybridized carbons (Fsp3) is 0.316. The molecule has 6 nitrogen and oxygen atoms in total. The molecule has 0 saturated carbocycles. The number of hydrogen-bond donors (Lipinski definition) is 0. The number of carbonyl (C=O) groups is 1. The number of amides is 1. The van der Waals surface area contributed by atoms with E-state index in [1.54, 1.807) is 29.2 Å². The van der Waals surface area contributed by atoms with Gasteiger partial charge < -0.3 is 9.64 Å². The number of ether oxygens (including phenoxy) is 1. The molecule has 0 spiro atoms. The normalized spacial score (nSPS) is 20.2. The molecular formula is C19H19BrN2O4S. The zero-order chi connectivity index (χ0) is 19.0. The van der Waals surface area contributed by atoms with Crippen molar-refractivity contribution in [3.63, 3.8) is 0 Å². The predicted octanol–water partition coefficient (Wildman–Crippen LogP) is 2.29. The second-order valence-corrected chi connectivity index (χ2v) is 9.46. The lowest BCUT2D eigenvalue weighted by Crippen LogP contribution is -2.53. The molecule has 1 saturated heterocycles. The summed E-state index contributed by atoms with van der Waals surface area (Å²) in [5, 5.41) is 0. The van der Waals surface area contributed by atoms with E-state index in [1.807, 2.05) is 24.3 Å². The summed E-state index contributed by atoms with van der Waals surface area (Å²) >= 11 is 3.31. The first-order valence-electron chi connectivity index (χ1n) is 8.74. The second-order valence-electron chi connectivity index (χ2n) is 6.61. The van der Waals surface area contributed by atoms with Crippen molar-refractivity contribution in [3.8, 4) is 5.75 Å². The highest BCUT2D eigenvalue weighted by atomic mass is 79.9. The number of nitrogens with zero attached hydrogens (tertiary/aromatic N) is 2. The van der Waals surface area contributed by atoms with Crippen LogP contribution in [0.1, 0.15) is 5.56 Å². The Morgan fingerprint density at radius 3 is 2.48 bits per heavy atom. The number of halogens is 1. The van der Waals surface area contributed by atoms with Crippen molar-refractivity contribution < 1.29 is 17.9 Å². The minimum atomic E-state index is -3.56. The van der Waals surface area contributed by atoms with Crippen LogP contribution >= 0.6 is 15.9 Å². The van der Waals surface area contributed by atoms with Crippen LogP contribution in [0, 0.1) is 0 Å². The van der Waals surface area contributed by atoms with Crippen molar-refractivity contribution in [1.82, 2.24) is 9.21 Å². The Kier molecular flexibility index (Phi) is 4.96. The van der Waals surface area contributed by atoms with Crippen LogP contribution < -0.4 is 4.74 Å². The van der Waals surface area contributed by atoms with Crippen molar-refractivity contribution in [3.05, 3.63) is 58.6 Å². The average Bonchev–Trinajstić information content (AvgIpc) is 3.12. The van der Waals surface area contributed by atoms with Gasteiger partial charge in [-0.1, -0.05) is 40.2 Å². The van der Waals surface area contributed by atoms with Gasteiger partial charge in [-0.2, -0.15) is 4.31 Å². The van der Waals surface area contributed by atoms with Gasteiger partial charge in [-0.25, -0.2) is 8.42 Å². The van der Waals surface area contributed by atoms with Crippen molar-refractivity contribution in [1.29, 1.82) is 0 Å². The van der Waals surface area contributed by atoms with E-state index >= 15 is 0 Å². The van der Waals surface area contributed by atoms with Crippen LogP contribution in [0.5, 0.6) is 5.75 Å². The summed E-state index contributed by atoms with van der Waals surface area (Å²) in [5.41, 5.74) is 1.03. The summed E-state index contributed by atoms with van der Waals surface area (Å²) in [5.74, 6) is 0.678. The lowest BCUT2D eigenvalue weighted by atomic mass is 10.1. The minimum Gasteiger partial charge on any atom is -0.480 e. The molecule has 2 heterocycles. The molecule has 0 N–H and O–H groups in total. The van der Waals surface area contributed by atoms with Crippen LogP contribution in [-0.4, -0.2) is 55.8 Å². The van der Waals surface area contributed by atoms with Gasteiger partial charge in [-0.15, -0.1) is 0 Å². The number of para-hydroxylation sites is 1. The first-order valence-corrected chi connectivity index (χ1v) is 11.0. The summed E-state index contributed by atoms with van der Waals surface area (Å²) in [7, 11) is -3.56. The standard InChI is InChI=1S/C19H19BrN2O4S/c20-15-5-3-6-16(13-15)27(24,25)22-10-8-21(9-11-22)19(23)18-12-14-4-1-2-7-17(14)26-18/h1-7,13,18H,8-12H2. The molecule has 1 amide bonds. The van der Waals surface area contributed by atoms with Gasteiger partial charge in [0.25, 0.3) is 5.91 Å². The van der Waals surface area contributed by atoms with Gasteiger partial charge in [0, 0.05) is 37.1 Å². The van der Waals surface area contributed by atoms with Gasteiger partial charge in [0.15, 0.2) is 6.10 Å². The Morgan fingerprint density at radius 1 is 1.04 bits per heavy atom. The summed E-state index contributed by atoms with van der Waals surface area (Å²) < 4.78 is 33.5. The molecule has 2 aromatic carbocycles. The highest BCUT2D eigenvalue weighted by Crippen LogP contribution is 2.29. The molecule has 2 aliphatic heterocycles. The quantitative estimate of drug-likeness (QED) is 0.719. The van der Waals surface area contributed by atoms with E-state index < -0.39 is 16.1 Å². The number of rotatable bonds is 3. The highest BCUT2D eigenvalue weighted by molar-refractivity contribution is 9.10. The van der Waals surface area contributed by atoms with Gasteiger partial charge in [-0.05, 0) is 29.8 Å². The summed E-state index contributed by atoms with van der Waals surface area (Å²) in [4.78, 5) is 14.7. The average molecular weight is 451 g/mol. The zero-order valence-electron chi connectivity index (χ0n) is 14.5. The molecule has 0 aliphatic carbocycles. The Balaban J connectivity index is 1.40. The SMILES string of the molecule is O=C(C1Cc2ccccc2O1)N1CCN(S(=O)(=O)c2cccc(Br)c2)CC1. The Hall–Kier alpha value is -1.90. The van der Waals surface area contributed by atoms with Crippen LogP contribution in [0.4, 0.5) is 0 Å². The Bertz CT molecular complexity index is 946. The maximum atomic E-state index is 12.8. The van der Waals surface area contributed by atoms with E-state index in [-0.39, 0.29) is 23.9 Å². The molecule has 4 rings (SSSR count). The van der Waals surface area contributed by atoms with Crippen LogP contribution in [0.3, 0.4) is 0 Å². The van der Waals surface area contributed by atoms with E-state index in [0.717, 1.165) is 15.8 Å². The molecule has 1 unspecified atom stereocenters. The lowest BCUT2D eigenvalue weighted by molar-refractivity contribution is -0.139. The maximum Gasteiger partial charge on any atom is 0.264 e. The summed E-state index contributed by atoms with van der Waals surface area (Å²) in [6.45, 7) is 1.28. The fourth-order valence-corrected chi connectivity index (χ4v) is 5.47. The van der Waals surface area contributed by atoms with Crippen molar-refractivity contribution in [2.75, 3.05) is 26.2 Å². The third-order valence-electron chi connectivity index (χ3n) is 4.91. The van der Waals surface area contributed by atoms with E-state index in [1.165, 1.54) is 4.31 Å². The predicted molar refractivity (Wildman–Crippen MR) is 104 cm³/mol. The molecule has 1 fully saturated rings. The molecular weight excluding hydrogens is 432 g/mol. The topological polar surface area (TPSA) is 66.9 Å². The Morgan fingerprint density at radius 2 is 1.78 bits per heavy atom. The molecule has 27 heavy (non-hydrogen) atoms. The highest BCUT2D eigenvalue weighted by Gasteiger charge is 2.36. The number of sulfonamides is 1. The molecule has 142 valence electrons. The van der Waals surface area contributed by atoms with Gasteiger partial charge in [0.05, 0.1) is 4.90 Å². The largest absolute Gasteiger partial charge is 0.480 e. The molecule has 2 aromatic rings. The van der Waals surface area contributed by atoms with Crippen LogP contribution in [0.15, 0.2) is 57.9 Å². The molecule has 0 aromatic heterocycles. The molecule has 0 bridgehead atoms. The van der Waals surface area contributed by atoms with Gasteiger partial charge in [-0.3, -0.25) is 4.79 Å². The molecule has 8 heteroatoms. The van der Waals surface area contributed by atoms with E-state index in [4.69, 9.17) is 4.74 Å². The smallest absolute Gasteiger partial charge is 0.264 e. The van der Waals surface area contributed by atoms with Crippen molar-refractivity contribution in [2.45, 2.75) is 17.4 Å². The zero-order valence-corrected chi connectivity index (χ0v) is 16.9. The fourth-order valence-electron chi connectivity index (χ4n) is 3.45. The number of piperazine rings is 1. The second kappa shape index (κ2) is 7.26. The van der Waals surface area contributed by atoms with Crippen molar-refractivity contribution >= 4 is 31.9 Å². The van der Waals surface area contributed by atoms with E-state index in [2.05, 4.69) is 15.9 Å². The van der Waals surface area contributed by atoms with Gasteiger partial charge in [0.2, 0.25) is 10.0 Å². The first-order chi connectivity index (χ1) is 12.9. The number of carbonyl (C=O) groups excluding carboxylic acids is 1. The molecule has 1 atom stereocenters. The first kappa shape index (κ1) is 18.5. The number of fused-ring (bicyclic) bond motifs is 1. The third-order valence-corrected chi connectivity index (χ3v) is 7.29. The summed E-state index contributed by atoms with van der Waals surface area (Å²) in [6, 6.07) is 14.3. The van der Waals surface area contributed by atoms with Crippen molar-refractivity contribution in [2.24, 2.45) is 0 Å². The number of hydrogen-bond acceptors (Lipinski definition) is 4. The van der Waals surface area contributed by atoms with Crippen LogP contribution in [-0.2, 0) is 21.2 Å². The number of benzene rings is 2. The molecule has 0 radical (unpaired) electrons. The third kappa shape index (κ3) is 3.61. The van der Waals surface area contributed by atoms with Crippen LogP contribution in [0.25, 0.3) is 0 Å². The van der Waals surface area contributed by atoms with Gasteiger partial charge in [0.1, 0.15) is 5.75 Å². The summed E-state index contributed by atoms with van der Waals surface area (Å²) in [6.07, 6.45) is 0.0431. The monoisotopic (exact) mass is 450 g/mol.